The molecule has 2 saturated heterocycles. The number of likely N-dealkylation sites (tertiary alicyclic amines) is 1. The molecule has 8 heteroatoms. The average Bonchev–Trinajstić information content (AvgIpc) is 3.50. The van der Waals surface area contributed by atoms with E-state index in [9.17, 15) is 8.42 Å². The highest BCUT2D eigenvalue weighted by Crippen LogP contribution is 2.35. The highest BCUT2D eigenvalue weighted by molar-refractivity contribution is 7.91. The molecule has 0 spiro atoms. The highest BCUT2D eigenvalue weighted by Gasteiger charge is 2.40. The van der Waals surface area contributed by atoms with Crippen LogP contribution in [-0.4, -0.2) is 59.7 Å². The van der Waals surface area contributed by atoms with Crippen molar-refractivity contribution in [2.45, 2.75) is 31.4 Å². The molecule has 2 aromatic carbocycles. The molecule has 2 fully saturated rings. The number of nitrogens with zero attached hydrogens (tertiary/aromatic N) is 5. The van der Waals surface area contributed by atoms with E-state index in [4.69, 9.17) is 0 Å². The molecule has 2 atom stereocenters. The minimum absolute atomic E-state index is 0.108. The Balaban J connectivity index is 1.19. The van der Waals surface area contributed by atoms with Gasteiger partial charge in [0.1, 0.15) is 0 Å². The predicted molar refractivity (Wildman–Crippen MR) is 130 cm³/mol. The van der Waals surface area contributed by atoms with Crippen LogP contribution in [0.3, 0.4) is 0 Å². The molecule has 174 valence electrons. The number of hydrogen-bond acceptors (Lipinski definition) is 6. The molecule has 3 aromatic rings. The molecule has 2 aliphatic rings. The zero-order valence-corrected chi connectivity index (χ0v) is 20.0. The Morgan fingerprint density at radius 1 is 0.939 bits per heavy atom. The van der Waals surface area contributed by atoms with Gasteiger partial charge in [0.2, 0.25) is 0 Å². The van der Waals surface area contributed by atoms with E-state index < -0.39 is 9.84 Å². The standard InChI is InChI=1S/C25H31N5O2S/c1-19(2)33(31,32)18-20-7-6-10-25(11-20)29-14-21-12-28(13-22(21)15-29)16-23-17-30(27-26-23)24-8-4-3-5-9-24/h3-11,17,19,21-22H,12-16,18H2,1-2H3. The topological polar surface area (TPSA) is 71.3 Å². The Labute approximate surface area is 195 Å². The molecule has 1 aromatic heterocycles. The van der Waals surface area contributed by atoms with E-state index in [2.05, 4.69) is 32.2 Å². The van der Waals surface area contributed by atoms with E-state index in [1.165, 1.54) is 0 Å². The number of aromatic nitrogens is 3. The van der Waals surface area contributed by atoms with Gasteiger partial charge in [-0.1, -0.05) is 35.5 Å². The summed E-state index contributed by atoms with van der Waals surface area (Å²) in [6.07, 6.45) is 2.02. The highest BCUT2D eigenvalue weighted by atomic mass is 32.2. The summed E-state index contributed by atoms with van der Waals surface area (Å²) in [6, 6.07) is 18.1. The second-order valence-corrected chi connectivity index (χ2v) is 12.2. The van der Waals surface area contributed by atoms with Crippen molar-refractivity contribution in [2.75, 3.05) is 31.1 Å². The lowest BCUT2D eigenvalue weighted by Gasteiger charge is -2.23. The molecule has 0 radical (unpaired) electrons. The minimum Gasteiger partial charge on any atom is -0.371 e. The molecule has 7 nitrogen and oxygen atoms in total. The molecular formula is C25H31N5O2S. The van der Waals surface area contributed by atoms with Crippen LogP contribution in [0.1, 0.15) is 25.1 Å². The van der Waals surface area contributed by atoms with Gasteiger partial charge in [-0.3, -0.25) is 4.90 Å². The van der Waals surface area contributed by atoms with Gasteiger partial charge < -0.3 is 4.90 Å². The summed E-state index contributed by atoms with van der Waals surface area (Å²) in [4.78, 5) is 4.90. The lowest BCUT2D eigenvalue weighted by molar-refractivity contribution is 0.305. The minimum atomic E-state index is -3.10. The molecule has 0 N–H and O–H groups in total. The van der Waals surface area contributed by atoms with E-state index in [1.807, 2.05) is 53.3 Å². The van der Waals surface area contributed by atoms with Crippen LogP contribution >= 0.6 is 0 Å². The molecule has 2 unspecified atom stereocenters. The van der Waals surface area contributed by atoms with Gasteiger partial charge in [0, 0.05) is 38.4 Å². The summed E-state index contributed by atoms with van der Waals surface area (Å²) in [5, 5.41) is 8.31. The third kappa shape index (κ3) is 4.82. The lowest BCUT2D eigenvalue weighted by atomic mass is 10.0. The zero-order chi connectivity index (χ0) is 23.0. The summed E-state index contributed by atoms with van der Waals surface area (Å²) in [6.45, 7) is 8.45. The van der Waals surface area contributed by atoms with Crippen LogP contribution in [0.15, 0.2) is 60.8 Å². The second kappa shape index (κ2) is 8.91. The first-order chi connectivity index (χ1) is 15.9. The molecule has 33 heavy (non-hydrogen) atoms. The number of para-hydroxylation sites is 1. The van der Waals surface area contributed by atoms with Crippen LogP contribution in [0.5, 0.6) is 0 Å². The average molecular weight is 466 g/mol. The van der Waals surface area contributed by atoms with E-state index in [1.54, 1.807) is 13.8 Å². The first kappa shape index (κ1) is 22.1. The zero-order valence-electron chi connectivity index (χ0n) is 19.2. The number of rotatable bonds is 7. The Bertz CT molecular complexity index is 1190. The van der Waals surface area contributed by atoms with E-state index in [0.717, 1.165) is 55.4 Å². The molecule has 0 aliphatic carbocycles. The Kier molecular flexibility index (Phi) is 5.97. The molecule has 3 heterocycles. The van der Waals surface area contributed by atoms with Crippen LogP contribution < -0.4 is 4.90 Å². The van der Waals surface area contributed by atoms with Crippen LogP contribution in [-0.2, 0) is 22.1 Å². The predicted octanol–water partition coefficient (Wildman–Crippen LogP) is 3.16. The van der Waals surface area contributed by atoms with Crippen molar-refractivity contribution < 1.29 is 8.42 Å². The number of sulfone groups is 1. The quantitative estimate of drug-likeness (QED) is 0.534. The van der Waals surface area contributed by atoms with Gasteiger partial charge in [0.25, 0.3) is 0 Å². The summed E-state index contributed by atoms with van der Waals surface area (Å²) >= 11 is 0. The van der Waals surface area contributed by atoms with Crippen molar-refractivity contribution in [2.24, 2.45) is 11.8 Å². The van der Waals surface area contributed by atoms with Crippen molar-refractivity contribution in [3.8, 4) is 5.69 Å². The van der Waals surface area contributed by atoms with Gasteiger partial charge in [-0.25, -0.2) is 13.1 Å². The van der Waals surface area contributed by atoms with Crippen molar-refractivity contribution in [3.05, 3.63) is 72.1 Å². The fraction of sp³-hybridized carbons (Fsp3) is 0.440. The maximum atomic E-state index is 12.3. The van der Waals surface area contributed by atoms with E-state index >= 15 is 0 Å². The first-order valence-electron chi connectivity index (χ1n) is 11.6. The molecule has 0 bridgehead atoms. The van der Waals surface area contributed by atoms with Crippen molar-refractivity contribution >= 4 is 15.5 Å². The van der Waals surface area contributed by atoms with Gasteiger partial charge in [0.05, 0.1) is 28.6 Å². The monoisotopic (exact) mass is 465 g/mol. The molecular weight excluding hydrogens is 434 g/mol. The smallest absolute Gasteiger partial charge is 0.156 e. The molecule has 0 amide bonds. The Morgan fingerprint density at radius 3 is 2.33 bits per heavy atom. The van der Waals surface area contributed by atoms with Crippen molar-refractivity contribution in [1.82, 2.24) is 19.9 Å². The van der Waals surface area contributed by atoms with Gasteiger partial charge in [-0.15, -0.1) is 5.10 Å². The summed E-state index contributed by atoms with van der Waals surface area (Å²) in [7, 11) is -3.10. The van der Waals surface area contributed by atoms with E-state index in [-0.39, 0.29) is 11.0 Å². The summed E-state index contributed by atoms with van der Waals surface area (Å²) in [5.41, 5.74) is 4.03. The number of hydrogen-bond donors (Lipinski definition) is 0. The summed E-state index contributed by atoms with van der Waals surface area (Å²) < 4.78 is 26.5. The van der Waals surface area contributed by atoms with E-state index in [0.29, 0.717) is 11.8 Å². The van der Waals surface area contributed by atoms with Gasteiger partial charge in [-0.05, 0) is 55.5 Å². The number of fused-ring (bicyclic) bond motifs is 1. The normalized spacial score (nSPS) is 21.1. The SMILES string of the molecule is CC(C)S(=O)(=O)Cc1cccc(N2CC3CN(Cc4cn(-c5ccccc5)nn4)CC3C2)c1. The van der Waals surface area contributed by atoms with Gasteiger partial charge in [0.15, 0.2) is 9.84 Å². The third-order valence-corrected chi connectivity index (χ3v) is 9.04. The molecule has 5 rings (SSSR count). The molecule has 2 aliphatic heterocycles. The summed E-state index contributed by atoms with van der Waals surface area (Å²) in [5.74, 6) is 1.35. The van der Waals surface area contributed by atoms with Gasteiger partial charge >= 0.3 is 0 Å². The second-order valence-electron chi connectivity index (χ2n) is 9.64. The largest absolute Gasteiger partial charge is 0.371 e. The lowest BCUT2D eigenvalue weighted by Crippen LogP contribution is -2.28. The maximum Gasteiger partial charge on any atom is 0.156 e. The Hall–Kier alpha value is -2.71. The van der Waals surface area contributed by atoms with Crippen LogP contribution in [0.25, 0.3) is 5.69 Å². The third-order valence-electron chi connectivity index (χ3n) is 6.87. The van der Waals surface area contributed by atoms with Crippen LogP contribution in [0.4, 0.5) is 5.69 Å². The van der Waals surface area contributed by atoms with Crippen LogP contribution in [0.2, 0.25) is 0 Å². The first-order valence-corrected chi connectivity index (χ1v) is 13.3. The van der Waals surface area contributed by atoms with Crippen molar-refractivity contribution in [1.29, 1.82) is 0 Å². The maximum absolute atomic E-state index is 12.3. The Morgan fingerprint density at radius 2 is 1.64 bits per heavy atom. The fourth-order valence-electron chi connectivity index (χ4n) is 4.98. The number of anilines is 1. The fourth-order valence-corrected chi connectivity index (χ4v) is 5.96. The van der Waals surface area contributed by atoms with Crippen LogP contribution in [0, 0.1) is 11.8 Å². The molecule has 0 saturated carbocycles. The number of benzene rings is 2. The van der Waals surface area contributed by atoms with Gasteiger partial charge in [-0.2, -0.15) is 0 Å². The van der Waals surface area contributed by atoms with Crippen molar-refractivity contribution in [3.63, 3.8) is 0 Å².